The first-order valence-electron chi connectivity index (χ1n) is 8.88. The molecule has 0 saturated carbocycles. The van der Waals surface area contributed by atoms with E-state index in [1.54, 1.807) is 6.20 Å². The first-order chi connectivity index (χ1) is 12.3. The molecule has 7 heteroatoms. The molecule has 0 unspecified atom stereocenters. The molecule has 6 nitrogen and oxygen atoms in total. The lowest BCUT2D eigenvalue weighted by molar-refractivity contribution is 0.350. The van der Waals surface area contributed by atoms with Gasteiger partial charge in [-0.1, -0.05) is 0 Å². The van der Waals surface area contributed by atoms with Crippen LogP contribution in [0.2, 0.25) is 0 Å². The van der Waals surface area contributed by atoms with E-state index in [2.05, 4.69) is 35.0 Å². The zero-order valence-corrected chi connectivity index (χ0v) is 16.0. The van der Waals surface area contributed by atoms with Crippen molar-refractivity contribution < 1.29 is 14.4 Å². The highest BCUT2D eigenvalue weighted by atomic mass is 31.2. The molecule has 1 aliphatic rings. The number of fused-ring (bicyclic) bond motifs is 1. The SMILES string of the molecule is Cc1cc2c(C#N)cnc(N3CCC(CCP(=O)(O)O)CC3)c2cc1C. The summed E-state index contributed by atoms with van der Waals surface area (Å²) in [4.78, 5) is 24.9. The second-order valence-corrected chi connectivity index (χ2v) is 8.97. The van der Waals surface area contributed by atoms with Crippen molar-refractivity contribution >= 4 is 24.2 Å². The van der Waals surface area contributed by atoms with Crippen molar-refractivity contribution in [2.75, 3.05) is 24.2 Å². The van der Waals surface area contributed by atoms with Crippen LogP contribution in [-0.4, -0.2) is 34.0 Å². The number of piperidine rings is 1. The van der Waals surface area contributed by atoms with Gasteiger partial charge in [-0.15, -0.1) is 0 Å². The summed E-state index contributed by atoms with van der Waals surface area (Å²) in [7, 11) is -3.91. The fourth-order valence-corrected chi connectivity index (χ4v) is 4.32. The van der Waals surface area contributed by atoms with Crippen molar-refractivity contribution in [1.82, 2.24) is 4.98 Å². The molecular weight excluding hydrogens is 349 g/mol. The number of rotatable bonds is 4. The number of aromatic nitrogens is 1. The molecule has 0 radical (unpaired) electrons. The van der Waals surface area contributed by atoms with Gasteiger partial charge in [0.1, 0.15) is 11.9 Å². The Balaban J connectivity index is 1.83. The van der Waals surface area contributed by atoms with Crippen LogP contribution in [0.25, 0.3) is 10.8 Å². The van der Waals surface area contributed by atoms with Gasteiger partial charge in [-0.25, -0.2) is 4.98 Å². The van der Waals surface area contributed by atoms with Gasteiger partial charge in [-0.2, -0.15) is 5.26 Å². The van der Waals surface area contributed by atoms with Crippen LogP contribution < -0.4 is 4.90 Å². The lowest BCUT2D eigenvalue weighted by atomic mass is 9.93. The van der Waals surface area contributed by atoms with Crippen LogP contribution >= 0.6 is 7.60 Å². The zero-order valence-electron chi connectivity index (χ0n) is 15.1. The Kier molecular flexibility index (Phi) is 5.34. The Labute approximate surface area is 153 Å². The molecule has 1 saturated heterocycles. The average Bonchev–Trinajstić information content (AvgIpc) is 2.60. The van der Waals surface area contributed by atoms with Gasteiger partial charge in [0, 0.05) is 30.1 Å². The number of anilines is 1. The predicted molar refractivity (Wildman–Crippen MR) is 102 cm³/mol. The number of hydrogen-bond donors (Lipinski definition) is 2. The minimum absolute atomic E-state index is 0.0335. The van der Waals surface area contributed by atoms with E-state index >= 15 is 0 Å². The van der Waals surface area contributed by atoms with Crippen LogP contribution in [0.15, 0.2) is 18.3 Å². The zero-order chi connectivity index (χ0) is 18.9. The minimum Gasteiger partial charge on any atom is -0.356 e. The Morgan fingerprint density at radius 3 is 2.42 bits per heavy atom. The molecule has 1 aliphatic heterocycles. The Morgan fingerprint density at radius 1 is 1.23 bits per heavy atom. The predicted octanol–water partition coefficient (Wildman–Crippen LogP) is 3.51. The normalized spacial score (nSPS) is 16.0. The fraction of sp³-hybridized carbons (Fsp3) is 0.474. The minimum atomic E-state index is -3.91. The summed E-state index contributed by atoms with van der Waals surface area (Å²) in [5, 5.41) is 11.3. The summed E-state index contributed by atoms with van der Waals surface area (Å²) in [5.41, 5.74) is 2.91. The van der Waals surface area contributed by atoms with Crippen molar-refractivity contribution in [2.24, 2.45) is 5.92 Å². The summed E-state index contributed by atoms with van der Waals surface area (Å²) < 4.78 is 11.1. The molecule has 0 bridgehead atoms. The van der Waals surface area contributed by atoms with E-state index in [0.29, 0.717) is 17.9 Å². The first kappa shape index (κ1) is 18.8. The van der Waals surface area contributed by atoms with Gasteiger partial charge >= 0.3 is 7.60 Å². The summed E-state index contributed by atoms with van der Waals surface area (Å²) in [6.07, 6.45) is 3.97. The molecule has 3 rings (SSSR count). The Morgan fingerprint density at radius 2 is 1.85 bits per heavy atom. The van der Waals surface area contributed by atoms with Crippen molar-refractivity contribution in [2.45, 2.75) is 33.1 Å². The highest BCUT2D eigenvalue weighted by molar-refractivity contribution is 7.51. The van der Waals surface area contributed by atoms with E-state index < -0.39 is 7.60 Å². The maximum atomic E-state index is 11.1. The molecule has 2 N–H and O–H groups in total. The molecule has 0 amide bonds. The number of nitriles is 1. The van der Waals surface area contributed by atoms with Crippen molar-refractivity contribution in [3.8, 4) is 6.07 Å². The van der Waals surface area contributed by atoms with Gasteiger partial charge in [0.15, 0.2) is 0 Å². The summed E-state index contributed by atoms with van der Waals surface area (Å²) in [6, 6.07) is 6.39. The van der Waals surface area contributed by atoms with Crippen LogP contribution in [-0.2, 0) is 4.57 Å². The summed E-state index contributed by atoms with van der Waals surface area (Å²) in [5.74, 6) is 1.24. The third-order valence-electron chi connectivity index (χ3n) is 5.34. The Bertz CT molecular complexity index is 908. The second-order valence-electron chi connectivity index (χ2n) is 7.20. The smallest absolute Gasteiger partial charge is 0.325 e. The van der Waals surface area contributed by atoms with Crippen molar-refractivity contribution in [3.05, 3.63) is 35.0 Å². The molecule has 2 heterocycles. The quantitative estimate of drug-likeness (QED) is 0.796. The molecule has 1 aromatic carbocycles. The highest BCUT2D eigenvalue weighted by Crippen LogP contribution is 2.38. The number of hydrogen-bond acceptors (Lipinski definition) is 4. The number of aryl methyl sites for hydroxylation is 2. The largest absolute Gasteiger partial charge is 0.356 e. The van der Waals surface area contributed by atoms with Crippen LogP contribution in [0.1, 0.15) is 36.0 Å². The van der Waals surface area contributed by atoms with Gasteiger partial charge in [-0.3, -0.25) is 4.57 Å². The third kappa shape index (κ3) is 4.07. The van der Waals surface area contributed by atoms with E-state index in [1.165, 1.54) is 5.56 Å². The van der Waals surface area contributed by atoms with Crippen LogP contribution in [0.3, 0.4) is 0 Å². The monoisotopic (exact) mass is 373 g/mol. The molecular formula is C19H24N3O3P. The molecule has 0 spiro atoms. The number of benzene rings is 1. The lowest BCUT2D eigenvalue weighted by Crippen LogP contribution is -2.34. The fourth-order valence-electron chi connectivity index (χ4n) is 3.61. The van der Waals surface area contributed by atoms with Crippen molar-refractivity contribution in [3.63, 3.8) is 0 Å². The molecule has 2 aromatic rings. The summed E-state index contributed by atoms with van der Waals surface area (Å²) in [6.45, 7) is 5.73. The van der Waals surface area contributed by atoms with Gasteiger partial charge < -0.3 is 14.7 Å². The van der Waals surface area contributed by atoms with E-state index in [9.17, 15) is 9.83 Å². The molecule has 1 aromatic heterocycles. The molecule has 1 fully saturated rings. The summed E-state index contributed by atoms with van der Waals surface area (Å²) >= 11 is 0. The van der Waals surface area contributed by atoms with E-state index in [-0.39, 0.29) is 6.16 Å². The van der Waals surface area contributed by atoms with E-state index in [1.807, 2.05) is 6.92 Å². The standard InChI is InChI=1S/C19H24N3O3P/c1-13-9-17-16(11-20)12-21-19(18(17)10-14(13)2)22-6-3-15(4-7-22)5-8-26(23,24)25/h9-10,12,15H,3-8H2,1-2H3,(H2,23,24,25). The highest BCUT2D eigenvalue weighted by Gasteiger charge is 2.24. The number of pyridine rings is 1. The van der Waals surface area contributed by atoms with Gasteiger partial charge in [-0.05, 0) is 62.3 Å². The lowest BCUT2D eigenvalue weighted by Gasteiger charge is -2.33. The van der Waals surface area contributed by atoms with Crippen LogP contribution in [0.5, 0.6) is 0 Å². The van der Waals surface area contributed by atoms with Gasteiger partial charge in [0.2, 0.25) is 0 Å². The average molecular weight is 373 g/mol. The molecule has 0 atom stereocenters. The molecule has 26 heavy (non-hydrogen) atoms. The molecule has 138 valence electrons. The van der Waals surface area contributed by atoms with Crippen LogP contribution in [0.4, 0.5) is 5.82 Å². The maximum absolute atomic E-state index is 11.1. The topological polar surface area (TPSA) is 97.5 Å². The van der Waals surface area contributed by atoms with E-state index in [0.717, 1.165) is 48.1 Å². The van der Waals surface area contributed by atoms with Crippen molar-refractivity contribution in [1.29, 1.82) is 5.26 Å². The Hall–Kier alpha value is -1.93. The third-order valence-corrected chi connectivity index (χ3v) is 6.18. The van der Waals surface area contributed by atoms with E-state index in [4.69, 9.17) is 9.79 Å². The van der Waals surface area contributed by atoms with Gasteiger partial charge in [0.25, 0.3) is 0 Å². The maximum Gasteiger partial charge on any atom is 0.325 e. The number of nitrogens with zero attached hydrogens (tertiary/aromatic N) is 3. The second kappa shape index (κ2) is 7.36. The molecule has 0 aliphatic carbocycles. The van der Waals surface area contributed by atoms with Gasteiger partial charge in [0.05, 0.1) is 11.7 Å². The first-order valence-corrected chi connectivity index (χ1v) is 10.7. The van der Waals surface area contributed by atoms with Crippen LogP contribution in [0, 0.1) is 31.1 Å².